The topological polar surface area (TPSA) is 101 Å². The summed E-state index contributed by atoms with van der Waals surface area (Å²) in [6, 6.07) is 1.74. The largest absolute Gasteiger partial charge is 0.433 e. The maximum Gasteiger partial charge on any atom is 0.433 e. The fourth-order valence-corrected chi connectivity index (χ4v) is 1.91. The van der Waals surface area contributed by atoms with Gasteiger partial charge in [0.05, 0.1) is 5.75 Å². The van der Waals surface area contributed by atoms with Crippen LogP contribution < -0.4 is 10.9 Å². The van der Waals surface area contributed by atoms with Gasteiger partial charge in [-0.1, -0.05) is 16.9 Å². The van der Waals surface area contributed by atoms with E-state index in [1.54, 1.807) is 0 Å². The predicted molar refractivity (Wildman–Crippen MR) is 65.7 cm³/mol. The summed E-state index contributed by atoms with van der Waals surface area (Å²) < 4.78 is 41.9. The van der Waals surface area contributed by atoms with E-state index >= 15 is 0 Å². The number of rotatable bonds is 4. The highest BCUT2D eigenvalue weighted by Gasteiger charge is 2.33. The number of aromatic amines is 1. The highest BCUT2D eigenvalue weighted by atomic mass is 32.2. The monoisotopic (exact) mass is 320 g/mol. The molecule has 2 heterocycles. The minimum Gasteiger partial charge on any atom is -0.363 e. The van der Waals surface area contributed by atoms with Crippen LogP contribution in [0.3, 0.4) is 0 Å². The van der Waals surface area contributed by atoms with E-state index in [2.05, 4.69) is 25.0 Å². The first-order chi connectivity index (χ1) is 9.84. The van der Waals surface area contributed by atoms with Crippen LogP contribution in [0.2, 0.25) is 0 Å². The molecule has 11 heteroatoms. The number of amides is 1. The van der Waals surface area contributed by atoms with Crippen LogP contribution in [0, 0.1) is 0 Å². The number of carbonyl (C=O) groups excluding carboxylic acids is 1. The molecule has 2 N–H and O–H groups in total. The number of aromatic nitrogens is 3. The molecule has 1 amide bonds. The Hall–Kier alpha value is -2.30. The Morgan fingerprint density at radius 1 is 1.48 bits per heavy atom. The van der Waals surface area contributed by atoms with Crippen molar-refractivity contribution in [3.63, 3.8) is 0 Å². The summed E-state index contributed by atoms with van der Waals surface area (Å²) in [6.07, 6.45) is -3.48. The van der Waals surface area contributed by atoms with Crippen molar-refractivity contribution in [1.29, 1.82) is 0 Å². The third kappa shape index (κ3) is 4.34. The van der Waals surface area contributed by atoms with Crippen molar-refractivity contribution in [1.82, 2.24) is 15.1 Å². The molecule has 0 atom stereocenters. The predicted octanol–water partition coefficient (Wildman–Crippen LogP) is 1.51. The van der Waals surface area contributed by atoms with Gasteiger partial charge in [0.1, 0.15) is 6.26 Å². The lowest BCUT2D eigenvalue weighted by molar-refractivity contribution is -0.141. The van der Waals surface area contributed by atoms with Crippen LogP contribution in [0.5, 0.6) is 0 Å². The van der Waals surface area contributed by atoms with Gasteiger partial charge in [0, 0.05) is 12.1 Å². The average molecular weight is 320 g/mol. The zero-order chi connectivity index (χ0) is 15.5. The van der Waals surface area contributed by atoms with Gasteiger partial charge in [-0.3, -0.25) is 9.59 Å². The lowest BCUT2D eigenvalue weighted by Gasteiger charge is -2.06. The van der Waals surface area contributed by atoms with Crippen molar-refractivity contribution in [2.75, 3.05) is 11.1 Å². The molecule has 0 saturated carbocycles. The summed E-state index contributed by atoms with van der Waals surface area (Å²) in [4.78, 5) is 28.0. The fourth-order valence-electron chi connectivity index (χ4n) is 1.24. The summed E-state index contributed by atoms with van der Waals surface area (Å²) in [5, 5.41) is 5.48. The van der Waals surface area contributed by atoms with Crippen molar-refractivity contribution in [2.45, 2.75) is 11.3 Å². The van der Waals surface area contributed by atoms with Crippen LogP contribution in [-0.2, 0) is 11.0 Å². The Balaban J connectivity index is 2.01. The molecule has 0 spiro atoms. The van der Waals surface area contributed by atoms with E-state index in [9.17, 15) is 22.8 Å². The summed E-state index contributed by atoms with van der Waals surface area (Å²) >= 11 is 0.658. The third-order valence-corrected chi connectivity index (χ3v) is 2.93. The van der Waals surface area contributed by atoms with Gasteiger partial charge < -0.3 is 14.8 Å². The lowest BCUT2D eigenvalue weighted by atomic mass is 10.4. The molecule has 7 nitrogen and oxygen atoms in total. The van der Waals surface area contributed by atoms with E-state index in [1.165, 1.54) is 12.3 Å². The molecule has 0 bridgehead atoms. The first-order valence-corrected chi connectivity index (χ1v) is 6.35. The first kappa shape index (κ1) is 15.1. The number of hydrogen-bond donors (Lipinski definition) is 2. The van der Waals surface area contributed by atoms with Crippen molar-refractivity contribution < 1.29 is 22.5 Å². The molecule has 0 aliphatic heterocycles. The molecular formula is C10H7F3N4O3S. The molecular weight excluding hydrogens is 313 g/mol. The molecule has 0 aliphatic carbocycles. The van der Waals surface area contributed by atoms with Gasteiger partial charge in [-0.2, -0.15) is 13.2 Å². The number of alkyl halides is 3. The molecule has 2 rings (SSSR count). The van der Waals surface area contributed by atoms with Gasteiger partial charge >= 0.3 is 6.18 Å². The molecule has 0 fully saturated rings. The van der Waals surface area contributed by atoms with Crippen molar-refractivity contribution >= 4 is 23.5 Å². The minimum atomic E-state index is -4.73. The van der Waals surface area contributed by atoms with Gasteiger partial charge in [-0.15, -0.1) is 0 Å². The number of halogens is 3. The maximum atomic E-state index is 12.5. The molecule has 0 saturated heterocycles. The first-order valence-electron chi connectivity index (χ1n) is 5.36. The average Bonchev–Trinajstić information content (AvgIpc) is 2.87. The van der Waals surface area contributed by atoms with Crippen molar-refractivity contribution in [3.05, 3.63) is 34.4 Å². The fraction of sp³-hybridized carbons (Fsp3) is 0.200. The van der Waals surface area contributed by atoms with E-state index in [0.717, 1.165) is 0 Å². The molecule has 0 unspecified atom stereocenters. The molecule has 21 heavy (non-hydrogen) atoms. The van der Waals surface area contributed by atoms with E-state index in [1.807, 2.05) is 0 Å². The maximum absolute atomic E-state index is 12.5. The zero-order valence-corrected chi connectivity index (χ0v) is 10.9. The van der Waals surface area contributed by atoms with E-state index < -0.39 is 23.3 Å². The Morgan fingerprint density at radius 2 is 2.24 bits per heavy atom. The van der Waals surface area contributed by atoms with Gasteiger partial charge in [-0.25, -0.2) is 4.98 Å². The van der Waals surface area contributed by atoms with Crippen LogP contribution >= 0.6 is 11.8 Å². The number of anilines is 1. The minimum absolute atomic E-state index is 0.172. The van der Waals surface area contributed by atoms with Gasteiger partial charge in [0.25, 0.3) is 5.56 Å². The van der Waals surface area contributed by atoms with Crippen molar-refractivity contribution in [3.8, 4) is 0 Å². The number of carbonyl (C=O) groups is 1. The summed E-state index contributed by atoms with van der Waals surface area (Å²) in [7, 11) is 0. The summed E-state index contributed by atoms with van der Waals surface area (Å²) in [6.45, 7) is 0. The molecule has 2 aromatic heterocycles. The number of hydrogen-bond acceptors (Lipinski definition) is 6. The van der Waals surface area contributed by atoms with Gasteiger partial charge in [0.2, 0.25) is 5.91 Å². The van der Waals surface area contributed by atoms with Crippen LogP contribution in [0.4, 0.5) is 19.0 Å². The number of thioether (sulfide) groups is 1. The quantitative estimate of drug-likeness (QED) is 0.654. The molecule has 0 radical (unpaired) electrons. The van der Waals surface area contributed by atoms with Crippen LogP contribution in [-0.4, -0.2) is 26.8 Å². The number of nitrogens with zero attached hydrogens (tertiary/aromatic N) is 2. The number of H-pyrrole nitrogens is 1. The molecule has 2 aromatic rings. The zero-order valence-electron chi connectivity index (χ0n) is 10.1. The standard InChI is InChI=1S/C10H7F3N4O3S/c11-10(12,13)5-3-7(18)16-9(14-5)21-4-8(19)15-6-1-2-20-17-6/h1-3H,4H2,(H,14,16,18)(H,15,17,19). The highest BCUT2D eigenvalue weighted by Crippen LogP contribution is 2.27. The van der Waals surface area contributed by atoms with Crippen LogP contribution in [0.15, 0.2) is 32.9 Å². The van der Waals surface area contributed by atoms with Crippen molar-refractivity contribution in [2.24, 2.45) is 0 Å². The van der Waals surface area contributed by atoms with Gasteiger partial charge in [0.15, 0.2) is 16.7 Å². The second kappa shape index (κ2) is 5.99. The molecule has 0 aromatic carbocycles. The van der Waals surface area contributed by atoms with Crippen LogP contribution in [0.1, 0.15) is 5.69 Å². The third-order valence-electron chi connectivity index (χ3n) is 2.06. The van der Waals surface area contributed by atoms with E-state index in [0.29, 0.717) is 17.8 Å². The molecule has 112 valence electrons. The molecule has 0 aliphatic rings. The lowest BCUT2D eigenvalue weighted by Crippen LogP contribution is -2.18. The smallest absolute Gasteiger partial charge is 0.363 e. The SMILES string of the molecule is O=C(CSc1nc(C(F)(F)F)cc(=O)[nH]1)Nc1ccon1. The Bertz CT molecular complexity index is 684. The second-order valence-electron chi connectivity index (χ2n) is 3.66. The van der Waals surface area contributed by atoms with Gasteiger partial charge in [-0.05, 0) is 0 Å². The van der Waals surface area contributed by atoms with Crippen LogP contribution in [0.25, 0.3) is 0 Å². The highest BCUT2D eigenvalue weighted by molar-refractivity contribution is 7.99. The normalized spacial score (nSPS) is 11.4. The Morgan fingerprint density at radius 3 is 2.86 bits per heavy atom. The van der Waals surface area contributed by atoms with E-state index in [-0.39, 0.29) is 16.7 Å². The Kier molecular flexibility index (Phi) is 4.31. The number of nitrogens with one attached hydrogen (secondary N) is 2. The summed E-state index contributed by atoms with van der Waals surface area (Å²) in [5.41, 5.74) is -2.26. The second-order valence-corrected chi connectivity index (χ2v) is 4.62. The Labute approximate surface area is 118 Å². The van der Waals surface area contributed by atoms with E-state index in [4.69, 9.17) is 0 Å². The summed E-state index contributed by atoms with van der Waals surface area (Å²) in [5.74, 6) is -0.614.